The molecular weight excluding hydrogens is 238 g/mol. The highest BCUT2D eigenvalue weighted by Crippen LogP contribution is 2.40. The van der Waals surface area contributed by atoms with Crippen LogP contribution in [0.4, 0.5) is 0 Å². The van der Waals surface area contributed by atoms with E-state index < -0.39 is 0 Å². The fourth-order valence-electron chi connectivity index (χ4n) is 2.85. The quantitative estimate of drug-likeness (QED) is 0.688. The van der Waals surface area contributed by atoms with E-state index in [-0.39, 0.29) is 12.1 Å². The average molecular weight is 271 g/mol. The molecule has 0 saturated heterocycles. The van der Waals surface area contributed by atoms with Crippen molar-refractivity contribution in [2.45, 2.75) is 71.9 Å². The topological polar surface area (TPSA) is 44.5 Å². The van der Waals surface area contributed by atoms with Gasteiger partial charge in [-0.25, -0.2) is 0 Å². The van der Waals surface area contributed by atoms with Gasteiger partial charge in [-0.3, -0.25) is 0 Å². The molecule has 0 aromatic carbocycles. The first-order valence-corrected chi connectivity index (χ1v) is 7.96. The Morgan fingerprint density at radius 2 is 1.84 bits per heavy atom. The van der Waals surface area contributed by atoms with Crippen molar-refractivity contribution in [3.8, 4) is 0 Å². The molecule has 0 radical (unpaired) electrons. The summed E-state index contributed by atoms with van der Waals surface area (Å²) in [4.78, 5) is 0. The molecule has 3 heteroatoms. The molecule has 0 heterocycles. The maximum Gasteiger partial charge on any atom is 0.0729 e. The molecule has 0 aromatic rings. The van der Waals surface area contributed by atoms with Gasteiger partial charge in [0.15, 0.2) is 0 Å². The average Bonchev–Trinajstić information content (AvgIpc) is 2.40. The first kappa shape index (κ1) is 16.9. The van der Waals surface area contributed by atoms with E-state index in [4.69, 9.17) is 15.2 Å². The van der Waals surface area contributed by atoms with Gasteiger partial charge in [-0.15, -0.1) is 0 Å². The maximum absolute atomic E-state index is 6.20. The van der Waals surface area contributed by atoms with E-state index in [1.807, 2.05) is 0 Å². The van der Waals surface area contributed by atoms with Crippen molar-refractivity contribution in [2.75, 3.05) is 19.8 Å². The highest BCUT2D eigenvalue weighted by Gasteiger charge is 2.36. The lowest BCUT2D eigenvalue weighted by atomic mass is 9.68. The molecule has 114 valence electrons. The molecule has 3 atom stereocenters. The van der Waals surface area contributed by atoms with E-state index in [0.29, 0.717) is 18.6 Å². The zero-order valence-electron chi connectivity index (χ0n) is 13.3. The van der Waals surface area contributed by atoms with Crippen molar-refractivity contribution in [2.24, 2.45) is 17.1 Å². The lowest BCUT2D eigenvalue weighted by Crippen LogP contribution is -2.45. The summed E-state index contributed by atoms with van der Waals surface area (Å²) in [5.74, 6) is 0.735. The minimum absolute atomic E-state index is 0.204. The molecule has 0 amide bonds. The second-order valence-electron chi connectivity index (χ2n) is 6.54. The molecule has 0 spiro atoms. The van der Waals surface area contributed by atoms with Crippen molar-refractivity contribution in [1.29, 1.82) is 0 Å². The van der Waals surface area contributed by atoms with Gasteiger partial charge in [0, 0.05) is 12.6 Å². The number of rotatable bonds is 8. The SMILES string of the molecule is CCCOCCOC1CC(C(C)(C)CC)CCC1N. The number of nitrogens with two attached hydrogens (primary N) is 1. The zero-order chi connectivity index (χ0) is 14.3. The third-order valence-corrected chi connectivity index (χ3v) is 4.77. The molecule has 0 bridgehead atoms. The molecule has 19 heavy (non-hydrogen) atoms. The van der Waals surface area contributed by atoms with Crippen LogP contribution in [0.3, 0.4) is 0 Å². The normalized spacial score (nSPS) is 28.6. The van der Waals surface area contributed by atoms with E-state index in [2.05, 4.69) is 27.7 Å². The summed E-state index contributed by atoms with van der Waals surface area (Å²) < 4.78 is 11.4. The van der Waals surface area contributed by atoms with Gasteiger partial charge in [0.1, 0.15) is 0 Å². The second kappa shape index (κ2) is 8.23. The summed E-state index contributed by atoms with van der Waals surface area (Å²) in [5, 5.41) is 0. The van der Waals surface area contributed by atoms with Gasteiger partial charge < -0.3 is 15.2 Å². The van der Waals surface area contributed by atoms with E-state index in [1.54, 1.807) is 0 Å². The third-order valence-electron chi connectivity index (χ3n) is 4.77. The van der Waals surface area contributed by atoms with Gasteiger partial charge in [-0.2, -0.15) is 0 Å². The molecule has 0 aliphatic heterocycles. The minimum atomic E-state index is 0.204. The molecule has 1 aliphatic carbocycles. The molecular formula is C16H33NO2. The molecule has 2 N–H and O–H groups in total. The Labute approximate surface area is 119 Å². The standard InChI is InChI=1S/C16H33NO2/c1-5-9-18-10-11-19-15-12-13(7-8-14(15)17)16(3,4)6-2/h13-15H,5-12,17H2,1-4H3. The number of hydrogen-bond donors (Lipinski definition) is 1. The van der Waals surface area contributed by atoms with Crippen LogP contribution in [0.25, 0.3) is 0 Å². The van der Waals surface area contributed by atoms with Crippen molar-refractivity contribution in [3.63, 3.8) is 0 Å². The van der Waals surface area contributed by atoms with Crippen LogP contribution >= 0.6 is 0 Å². The van der Waals surface area contributed by atoms with Gasteiger partial charge in [0.2, 0.25) is 0 Å². The van der Waals surface area contributed by atoms with E-state index in [1.165, 1.54) is 12.8 Å². The van der Waals surface area contributed by atoms with E-state index in [9.17, 15) is 0 Å². The molecule has 0 aromatic heterocycles. The summed E-state index contributed by atoms with van der Waals surface area (Å²) in [6.45, 7) is 11.3. The minimum Gasteiger partial charge on any atom is -0.379 e. The summed E-state index contributed by atoms with van der Waals surface area (Å²) in [5.41, 5.74) is 6.60. The summed E-state index contributed by atoms with van der Waals surface area (Å²) >= 11 is 0. The monoisotopic (exact) mass is 271 g/mol. The predicted octanol–water partition coefficient (Wildman–Crippen LogP) is 3.36. The molecule has 1 fully saturated rings. The van der Waals surface area contributed by atoms with E-state index in [0.717, 1.165) is 31.8 Å². The van der Waals surface area contributed by atoms with Crippen LogP contribution in [0.2, 0.25) is 0 Å². The van der Waals surface area contributed by atoms with Gasteiger partial charge in [0.25, 0.3) is 0 Å². The van der Waals surface area contributed by atoms with Crippen LogP contribution in [-0.2, 0) is 9.47 Å². The highest BCUT2D eigenvalue weighted by molar-refractivity contribution is 4.89. The Morgan fingerprint density at radius 3 is 2.47 bits per heavy atom. The first-order valence-electron chi connectivity index (χ1n) is 7.96. The van der Waals surface area contributed by atoms with Crippen LogP contribution in [0.1, 0.15) is 59.8 Å². The Hall–Kier alpha value is -0.120. The van der Waals surface area contributed by atoms with Crippen LogP contribution in [0.15, 0.2) is 0 Å². The van der Waals surface area contributed by atoms with E-state index >= 15 is 0 Å². The van der Waals surface area contributed by atoms with Crippen molar-refractivity contribution >= 4 is 0 Å². The van der Waals surface area contributed by atoms with Gasteiger partial charge in [0.05, 0.1) is 19.3 Å². The Morgan fingerprint density at radius 1 is 1.11 bits per heavy atom. The predicted molar refractivity (Wildman–Crippen MR) is 80.2 cm³/mol. The Kier molecular flexibility index (Phi) is 7.33. The van der Waals surface area contributed by atoms with Crippen molar-refractivity contribution in [1.82, 2.24) is 0 Å². The Bertz CT molecular complexity index is 243. The third kappa shape index (κ3) is 5.41. The van der Waals surface area contributed by atoms with Gasteiger partial charge >= 0.3 is 0 Å². The lowest BCUT2D eigenvalue weighted by Gasteiger charge is -2.41. The fraction of sp³-hybridized carbons (Fsp3) is 1.00. The van der Waals surface area contributed by atoms with Crippen molar-refractivity contribution < 1.29 is 9.47 Å². The zero-order valence-corrected chi connectivity index (χ0v) is 13.3. The Balaban J connectivity index is 2.35. The van der Waals surface area contributed by atoms with Crippen LogP contribution in [-0.4, -0.2) is 32.0 Å². The second-order valence-corrected chi connectivity index (χ2v) is 6.54. The summed E-state index contributed by atoms with van der Waals surface area (Å²) in [6, 6.07) is 0.204. The highest BCUT2D eigenvalue weighted by atomic mass is 16.5. The molecule has 1 aliphatic rings. The smallest absolute Gasteiger partial charge is 0.0729 e. The van der Waals surface area contributed by atoms with Gasteiger partial charge in [-0.05, 0) is 37.0 Å². The number of ether oxygens (including phenoxy) is 2. The molecule has 1 rings (SSSR count). The lowest BCUT2D eigenvalue weighted by molar-refractivity contribution is -0.0437. The summed E-state index contributed by atoms with van der Waals surface area (Å²) in [6.07, 6.45) is 5.95. The summed E-state index contributed by atoms with van der Waals surface area (Å²) in [7, 11) is 0. The first-order chi connectivity index (χ1) is 9.01. The molecule has 1 saturated carbocycles. The van der Waals surface area contributed by atoms with Crippen LogP contribution in [0, 0.1) is 11.3 Å². The van der Waals surface area contributed by atoms with Crippen LogP contribution < -0.4 is 5.73 Å². The molecule has 3 unspecified atom stereocenters. The van der Waals surface area contributed by atoms with Crippen LogP contribution in [0.5, 0.6) is 0 Å². The molecule has 3 nitrogen and oxygen atoms in total. The van der Waals surface area contributed by atoms with Crippen molar-refractivity contribution in [3.05, 3.63) is 0 Å². The largest absolute Gasteiger partial charge is 0.379 e. The van der Waals surface area contributed by atoms with Gasteiger partial charge in [-0.1, -0.05) is 34.1 Å². The fourth-order valence-corrected chi connectivity index (χ4v) is 2.85. The maximum atomic E-state index is 6.20. The number of hydrogen-bond acceptors (Lipinski definition) is 3.